The summed E-state index contributed by atoms with van der Waals surface area (Å²) in [5.41, 5.74) is 0.253. The highest BCUT2D eigenvalue weighted by Crippen LogP contribution is 2.23. The van der Waals surface area contributed by atoms with Gasteiger partial charge in [0.2, 0.25) is 0 Å². The molecule has 0 amide bonds. The first kappa shape index (κ1) is 14.4. The Kier molecular flexibility index (Phi) is 4.50. The highest BCUT2D eigenvalue weighted by atomic mass is 19.1. The van der Waals surface area contributed by atoms with Crippen LogP contribution in [0.3, 0.4) is 0 Å². The fourth-order valence-corrected chi connectivity index (χ4v) is 2.24. The van der Waals surface area contributed by atoms with Crippen LogP contribution in [0.5, 0.6) is 0 Å². The third-order valence-electron chi connectivity index (χ3n) is 3.62. The molecule has 2 unspecified atom stereocenters. The molecule has 1 aromatic rings. The van der Waals surface area contributed by atoms with E-state index in [9.17, 15) is 8.78 Å². The summed E-state index contributed by atoms with van der Waals surface area (Å²) in [6, 6.07) is 3.40. The van der Waals surface area contributed by atoms with Crippen molar-refractivity contribution in [1.82, 2.24) is 5.32 Å². The number of benzene rings is 1. The van der Waals surface area contributed by atoms with Crippen LogP contribution in [-0.4, -0.2) is 32.5 Å². The lowest BCUT2D eigenvalue weighted by Gasteiger charge is -2.28. The summed E-state index contributed by atoms with van der Waals surface area (Å²) < 4.78 is 37.2. The summed E-state index contributed by atoms with van der Waals surface area (Å²) >= 11 is 0. The molecule has 3 nitrogen and oxygen atoms in total. The van der Waals surface area contributed by atoms with Gasteiger partial charge in [-0.05, 0) is 24.6 Å². The number of nitrogens with one attached hydrogen (secondary N) is 1. The monoisotopic (exact) mass is 271 g/mol. The molecular weight excluding hydrogens is 252 g/mol. The van der Waals surface area contributed by atoms with Gasteiger partial charge in [0.1, 0.15) is 17.2 Å². The smallest absolute Gasteiger partial charge is 0.126 e. The van der Waals surface area contributed by atoms with Gasteiger partial charge in [-0.25, -0.2) is 8.78 Å². The fraction of sp³-hybridized carbons (Fsp3) is 0.571. The Balaban J connectivity index is 1.98. The van der Waals surface area contributed by atoms with Gasteiger partial charge in [-0.1, -0.05) is 0 Å². The molecule has 19 heavy (non-hydrogen) atoms. The Labute approximate surface area is 111 Å². The van der Waals surface area contributed by atoms with E-state index in [0.29, 0.717) is 25.3 Å². The maximum Gasteiger partial charge on any atom is 0.126 e. The predicted molar refractivity (Wildman–Crippen MR) is 68.0 cm³/mol. The molecule has 5 heteroatoms. The van der Waals surface area contributed by atoms with Crippen molar-refractivity contribution in [2.45, 2.75) is 25.0 Å². The second kappa shape index (κ2) is 5.94. The predicted octanol–water partition coefficient (Wildman–Crippen LogP) is 2.42. The second-order valence-corrected chi connectivity index (χ2v) is 5.00. The third kappa shape index (κ3) is 3.49. The van der Waals surface area contributed by atoms with Gasteiger partial charge >= 0.3 is 0 Å². The van der Waals surface area contributed by atoms with Gasteiger partial charge in [0, 0.05) is 38.8 Å². The van der Waals surface area contributed by atoms with Crippen molar-refractivity contribution in [3.8, 4) is 0 Å². The number of hydrogen-bond donors (Lipinski definition) is 1. The van der Waals surface area contributed by atoms with Crippen molar-refractivity contribution in [2.24, 2.45) is 0 Å². The highest BCUT2D eigenvalue weighted by molar-refractivity contribution is 5.21. The molecule has 1 N–H and O–H groups in total. The van der Waals surface area contributed by atoms with Crippen LogP contribution >= 0.6 is 0 Å². The normalized spacial score (nSPS) is 24.6. The molecule has 1 aliphatic heterocycles. The van der Waals surface area contributed by atoms with E-state index in [2.05, 4.69) is 5.32 Å². The molecule has 1 saturated heterocycles. The van der Waals surface area contributed by atoms with Gasteiger partial charge in [0.05, 0.1) is 6.61 Å². The van der Waals surface area contributed by atoms with Crippen LogP contribution in [0.2, 0.25) is 0 Å². The van der Waals surface area contributed by atoms with Gasteiger partial charge in [-0.3, -0.25) is 0 Å². The lowest BCUT2D eigenvalue weighted by Crippen LogP contribution is -2.43. The van der Waals surface area contributed by atoms with Crippen molar-refractivity contribution < 1.29 is 18.3 Å². The first-order chi connectivity index (χ1) is 9.04. The number of methoxy groups -OCH3 is 1. The quantitative estimate of drug-likeness (QED) is 0.892. The average Bonchev–Trinajstić information content (AvgIpc) is 2.84. The van der Waals surface area contributed by atoms with Crippen molar-refractivity contribution in [1.29, 1.82) is 0 Å². The summed E-state index contributed by atoms with van der Waals surface area (Å²) in [7, 11) is 1.66. The Morgan fingerprint density at radius 2 is 2.05 bits per heavy atom. The van der Waals surface area contributed by atoms with Crippen LogP contribution in [-0.2, 0) is 9.47 Å². The standard InChI is InChI=1S/C14H19F2NO2/c1-10(11-5-12(15)7-13(16)6-11)17-8-14(18-2)3-4-19-9-14/h5-7,10,17H,3-4,8-9H2,1-2H3. The maximum absolute atomic E-state index is 13.2. The molecule has 0 radical (unpaired) electrons. The minimum atomic E-state index is -0.561. The molecule has 0 aliphatic carbocycles. The molecule has 1 aliphatic rings. The van der Waals surface area contributed by atoms with E-state index in [-0.39, 0.29) is 11.6 Å². The van der Waals surface area contributed by atoms with Crippen LogP contribution in [0.4, 0.5) is 8.78 Å². The zero-order valence-electron chi connectivity index (χ0n) is 11.2. The largest absolute Gasteiger partial charge is 0.378 e. The minimum absolute atomic E-state index is 0.155. The van der Waals surface area contributed by atoms with Gasteiger partial charge in [0.15, 0.2) is 0 Å². The molecule has 1 aromatic carbocycles. The molecular formula is C14H19F2NO2. The number of halogens is 2. The van der Waals surface area contributed by atoms with Gasteiger partial charge in [-0.2, -0.15) is 0 Å². The van der Waals surface area contributed by atoms with Gasteiger partial charge in [0.25, 0.3) is 0 Å². The first-order valence-electron chi connectivity index (χ1n) is 6.37. The van der Waals surface area contributed by atoms with Crippen molar-refractivity contribution in [2.75, 3.05) is 26.9 Å². The molecule has 0 saturated carbocycles. The molecule has 1 fully saturated rings. The highest BCUT2D eigenvalue weighted by Gasteiger charge is 2.34. The van der Waals surface area contributed by atoms with Crippen molar-refractivity contribution >= 4 is 0 Å². The fourth-order valence-electron chi connectivity index (χ4n) is 2.24. The van der Waals surface area contributed by atoms with E-state index >= 15 is 0 Å². The van der Waals surface area contributed by atoms with Crippen LogP contribution in [0.25, 0.3) is 0 Å². The third-order valence-corrected chi connectivity index (χ3v) is 3.62. The van der Waals surface area contributed by atoms with E-state index in [1.54, 1.807) is 7.11 Å². The van der Waals surface area contributed by atoms with E-state index in [0.717, 1.165) is 12.5 Å². The van der Waals surface area contributed by atoms with E-state index in [4.69, 9.17) is 9.47 Å². The number of hydrogen-bond acceptors (Lipinski definition) is 3. The zero-order chi connectivity index (χ0) is 13.9. The van der Waals surface area contributed by atoms with E-state index in [1.807, 2.05) is 6.92 Å². The topological polar surface area (TPSA) is 30.5 Å². The Hall–Kier alpha value is -1.04. The SMILES string of the molecule is COC1(CNC(C)c2cc(F)cc(F)c2)CCOC1. The summed E-state index contributed by atoms with van der Waals surface area (Å²) in [6.07, 6.45) is 0.820. The summed E-state index contributed by atoms with van der Waals surface area (Å²) in [6.45, 7) is 3.68. The Morgan fingerprint density at radius 3 is 2.58 bits per heavy atom. The van der Waals surface area contributed by atoms with E-state index < -0.39 is 11.6 Å². The first-order valence-corrected chi connectivity index (χ1v) is 6.37. The zero-order valence-corrected chi connectivity index (χ0v) is 11.2. The molecule has 106 valence electrons. The van der Waals surface area contributed by atoms with Crippen LogP contribution in [0.1, 0.15) is 24.9 Å². The molecule has 2 rings (SSSR count). The Morgan fingerprint density at radius 1 is 1.37 bits per heavy atom. The van der Waals surface area contributed by atoms with Crippen LogP contribution in [0, 0.1) is 11.6 Å². The van der Waals surface area contributed by atoms with Gasteiger partial charge < -0.3 is 14.8 Å². The number of ether oxygens (including phenoxy) is 2. The minimum Gasteiger partial charge on any atom is -0.378 e. The summed E-state index contributed by atoms with van der Waals surface area (Å²) in [5.74, 6) is -1.12. The van der Waals surface area contributed by atoms with Crippen molar-refractivity contribution in [3.05, 3.63) is 35.4 Å². The molecule has 1 heterocycles. The van der Waals surface area contributed by atoms with Crippen LogP contribution < -0.4 is 5.32 Å². The summed E-state index contributed by atoms with van der Waals surface area (Å²) in [5, 5.41) is 3.25. The molecule has 0 spiro atoms. The van der Waals surface area contributed by atoms with Crippen molar-refractivity contribution in [3.63, 3.8) is 0 Å². The van der Waals surface area contributed by atoms with Crippen LogP contribution in [0.15, 0.2) is 18.2 Å². The van der Waals surface area contributed by atoms with E-state index in [1.165, 1.54) is 12.1 Å². The summed E-state index contributed by atoms with van der Waals surface area (Å²) in [4.78, 5) is 0. The lowest BCUT2D eigenvalue weighted by atomic mass is 10.0. The molecule has 2 atom stereocenters. The molecule has 0 aromatic heterocycles. The van der Waals surface area contributed by atoms with Gasteiger partial charge in [-0.15, -0.1) is 0 Å². The average molecular weight is 271 g/mol. The number of rotatable bonds is 5. The second-order valence-electron chi connectivity index (χ2n) is 5.00. The lowest BCUT2D eigenvalue weighted by molar-refractivity contribution is -0.0172. The maximum atomic E-state index is 13.2. The Bertz CT molecular complexity index is 413. The molecule has 0 bridgehead atoms.